The number of hydrogen-bond acceptors (Lipinski definition) is 6. The van der Waals surface area contributed by atoms with Gasteiger partial charge in [0.25, 0.3) is 0 Å². The lowest BCUT2D eigenvalue weighted by molar-refractivity contribution is 0.0274. The first-order valence-corrected chi connectivity index (χ1v) is 12.0. The molecule has 1 atom stereocenters. The fourth-order valence-corrected chi connectivity index (χ4v) is 6.78. The summed E-state index contributed by atoms with van der Waals surface area (Å²) in [6.07, 6.45) is -0.748. The van der Waals surface area contributed by atoms with E-state index >= 15 is 0 Å². The summed E-state index contributed by atoms with van der Waals surface area (Å²) >= 11 is 3.30. The molecule has 1 aliphatic heterocycles. The Kier molecular flexibility index (Phi) is 5.83. The molecule has 1 fully saturated rings. The SMILES string of the molecule is CO[C@H]1C[C@]2(C1)C(NC(=O)OC(C)(C)C)=N[C@](C)(c1cc(Br)ccc1F)CS2(=O)=O. The summed E-state index contributed by atoms with van der Waals surface area (Å²) in [5.74, 6) is -0.989. The molecule has 0 radical (unpaired) electrons. The van der Waals surface area contributed by atoms with E-state index in [-0.39, 0.29) is 36.1 Å². The molecular formula is C20H26BrFN2O5S. The maximum Gasteiger partial charge on any atom is 0.413 e. The first-order valence-electron chi connectivity index (χ1n) is 9.52. The van der Waals surface area contributed by atoms with Crippen LogP contribution in [0, 0.1) is 5.82 Å². The average molecular weight is 505 g/mol. The van der Waals surface area contributed by atoms with Gasteiger partial charge in [0.05, 0.1) is 11.9 Å². The summed E-state index contributed by atoms with van der Waals surface area (Å²) in [5.41, 5.74) is -2.07. The van der Waals surface area contributed by atoms with Crippen molar-refractivity contribution in [2.75, 3.05) is 12.9 Å². The Bertz CT molecular complexity index is 999. The molecule has 1 aromatic carbocycles. The van der Waals surface area contributed by atoms with Crippen molar-refractivity contribution in [1.29, 1.82) is 0 Å². The van der Waals surface area contributed by atoms with E-state index in [0.717, 1.165) is 0 Å². The van der Waals surface area contributed by atoms with Gasteiger partial charge >= 0.3 is 6.09 Å². The Balaban J connectivity index is 2.11. The van der Waals surface area contributed by atoms with Crippen molar-refractivity contribution in [3.8, 4) is 0 Å². The highest BCUT2D eigenvalue weighted by molar-refractivity contribution is 9.10. The smallest absolute Gasteiger partial charge is 0.413 e. The second kappa shape index (κ2) is 7.56. The van der Waals surface area contributed by atoms with Crippen molar-refractivity contribution in [2.24, 2.45) is 4.99 Å². The molecule has 3 rings (SSSR count). The lowest BCUT2D eigenvalue weighted by atomic mass is 9.79. The van der Waals surface area contributed by atoms with E-state index in [2.05, 4.69) is 26.2 Å². The zero-order valence-corrected chi connectivity index (χ0v) is 20.0. The number of alkyl carbamates (subject to hydrolysis) is 1. The summed E-state index contributed by atoms with van der Waals surface area (Å²) in [5, 5.41) is 2.55. The van der Waals surface area contributed by atoms with Crippen LogP contribution in [0.25, 0.3) is 0 Å². The lowest BCUT2D eigenvalue weighted by Crippen LogP contribution is -2.67. The van der Waals surface area contributed by atoms with E-state index < -0.39 is 37.6 Å². The number of rotatable bonds is 2. The quantitative estimate of drug-likeness (QED) is 0.662. The molecule has 0 bridgehead atoms. The first-order chi connectivity index (χ1) is 13.7. The van der Waals surface area contributed by atoms with Gasteiger partial charge in [-0.15, -0.1) is 0 Å². The molecule has 30 heavy (non-hydrogen) atoms. The van der Waals surface area contributed by atoms with E-state index in [4.69, 9.17) is 9.47 Å². The number of amidine groups is 1. The van der Waals surface area contributed by atoms with Crippen LogP contribution in [-0.2, 0) is 24.8 Å². The molecule has 1 N–H and O–H groups in total. The molecule has 1 spiro atoms. The van der Waals surface area contributed by atoms with Gasteiger partial charge in [0, 0.05) is 30.0 Å². The lowest BCUT2D eigenvalue weighted by Gasteiger charge is -2.50. The minimum Gasteiger partial charge on any atom is -0.444 e. The number of aliphatic imine (C=N–C) groups is 1. The monoisotopic (exact) mass is 504 g/mol. The Morgan fingerprint density at radius 2 is 1.97 bits per heavy atom. The molecule has 0 unspecified atom stereocenters. The predicted octanol–water partition coefficient (Wildman–Crippen LogP) is 3.70. The Hall–Kier alpha value is -1.52. The zero-order chi connectivity index (χ0) is 22.5. The predicted molar refractivity (Wildman–Crippen MR) is 115 cm³/mol. The third kappa shape index (κ3) is 4.13. The van der Waals surface area contributed by atoms with Crippen molar-refractivity contribution >= 4 is 37.7 Å². The van der Waals surface area contributed by atoms with E-state index in [1.807, 2.05) is 0 Å². The molecule has 10 heteroatoms. The minimum absolute atomic E-state index is 0.0295. The van der Waals surface area contributed by atoms with Gasteiger partial charge in [0.15, 0.2) is 9.84 Å². The van der Waals surface area contributed by atoms with Gasteiger partial charge in [-0.3, -0.25) is 10.3 Å². The number of methoxy groups -OCH3 is 1. The van der Waals surface area contributed by atoms with Crippen molar-refractivity contribution in [2.45, 2.75) is 62.5 Å². The topological polar surface area (TPSA) is 94.1 Å². The molecule has 0 saturated heterocycles. The van der Waals surface area contributed by atoms with E-state index in [1.54, 1.807) is 27.7 Å². The fourth-order valence-electron chi connectivity index (χ4n) is 3.92. The highest BCUT2D eigenvalue weighted by Gasteiger charge is 2.63. The normalized spacial score (nSPS) is 30.4. The van der Waals surface area contributed by atoms with Crippen molar-refractivity contribution < 1.29 is 27.1 Å². The fraction of sp³-hybridized carbons (Fsp3) is 0.600. The standard InChI is InChI=1S/C20H26BrFN2O5S/c1-18(2,3)29-17(25)23-16-20(9-13(10-20)28-5)30(26,27)11-19(4,24-16)14-8-12(21)6-7-15(14)22/h6-8,13H,9-11H2,1-5H3,(H,23,24,25)/t13-,19-,20-/m0/s1. The van der Waals surface area contributed by atoms with Crippen LogP contribution >= 0.6 is 15.9 Å². The Morgan fingerprint density at radius 1 is 1.33 bits per heavy atom. The van der Waals surface area contributed by atoms with Crippen LogP contribution in [0.4, 0.5) is 9.18 Å². The number of carbonyl (C=O) groups is 1. The molecule has 1 amide bonds. The zero-order valence-electron chi connectivity index (χ0n) is 17.6. The van der Waals surface area contributed by atoms with Crippen LogP contribution < -0.4 is 5.32 Å². The Morgan fingerprint density at radius 3 is 2.53 bits per heavy atom. The van der Waals surface area contributed by atoms with Crippen LogP contribution in [0.1, 0.15) is 46.1 Å². The maximum atomic E-state index is 14.7. The summed E-state index contributed by atoms with van der Waals surface area (Å²) in [6, 6.07) is 4.29. The van der Waals surface area contributed by atoms with Crippen molar-refractivity contribution in [1.82, 2.24) is 5.32 Å². The maximum absolute atomic E-state index is 14.7. The van der Waals surface area contributed by atoms with E-state index in [9.17, 15) is 17.6 Å². The molecule has 1 aliphatic carbocycles. The summed E-state index contributed by atoms with van der Waals surface area (Å²) in [4.78, 5) is 17.1. The number of sulfone groups is 1. The molecular weight excluding hydrogens is 479 g/mol. The number of amides is 1. The van der Waals surface area contributed by atoms with Gasteiger partial charge < -0.3 is 9.47 Å². The van der Waals surface area contributed by atoms with Gasteiger partial charge in [0.2, 0.25) is 0 Å². The third-order valence-electron chi connectivity index (χ3n) is 5.43. The van der Waals surface area contributed by atoms with Gasteiger partial charge in [-0.2, -0.15) is 0 Å². The number of hydrogen-bond donors (Lipinski definition) is 1. The van der Waals surface area contributed by atoms with E-state index in [1.165, 1.54) is 25.3 Å². The highest BCUT2D eigenvalue weighted by Crippen LogP contribution is 2.48. The van der Waals surface area contributed by atoms with E-state index in [0.29, 0.717) is 4.47 Å². The number of halogens is 2. The van der Waals surface area contributed by atoms with Gasteiger partial charge in [-0.25, -0.2) is 17.6 Å². The van der Waals surface area contributed by atoms with Crippen molar-refractivity contribution in [3.05, 3.63) is 34.1 Å². The number of benzene rings is 1. The van der Waals surface area contributed by atoms with Crippen LogP contribution in [0.15, 0.2) is 27.7 Å². The van der Waals surface area contributed by atoms with Crippen LogP contribution in [-0.4, -0.2) is 49.7 Å². The third-order valence-corrected chi connectivity index (χ3v) is 8.59. The average Bonchev–Trinajstić information content (AvgIpc) is 2.52. The van der Waals surface area contributed by atoms with Crippen LogP contribution in [0.3, 0.4) is 0 Å². The van der Waals surface area contributed by atoms with Gasteiger partial charge in [-0.05, 0) is 45.9 Å². The second-order valence-corrected chi connectivity index (χ2v) is 12.2. The summed E-state index contributed by atoms with van der Waals surface area (Å²) in [6.45, 7) is 6.65. The Labute approximate surface area is 184 Å². The van der Waals surface area contributed by atoms with Crippen LogP contribution in [0.5, 0.6) is 0 Å². The minimum atomic E-state index is -3.82. The van der Waals surface area contributed by atoms with Crippen molar-refractivity contribution in [3.63, 3.8) is 0 Å². The molecule has 1 saturated carbocycles. The molecule has 166 valence electrons. The molecule has 1 heterocycles. The number of ether oxygens (including phenoxy) is 2. The second-order valence-electron chi connectivity index (χ2n) is 9.00. The molecule has 7 nitrogen and oxygen atoms in total. The summed E-state index contributed by atoms with van der Waals surface area (Å²) in [7, 11) is -2.31. The number of carbonyl (C=O) groups excluding carboxylic acids is 1. The largest absolute Gasteiger partial charge is 0.444 e. The summed E-state index contributed by atoms with van der Waals surface area (Å²) < 4.78 is 51.3. The van der Waals surface area contributed by atoms with Gasteiger partial charge in [-0.1, -0.05) is 15.9 Å². The van der Waals surface area contributed by atoms with Crippen LogP contribution in [0.2, 0.25) is 0 Å². The molecule has 0 aromatic heterocycles. The number of nitrogens with one attached hydrogen (secondary N) is 1. The number of nitrogens with zero attached hydrogens (tertiary/aromatic N) is 1. The highest BCUT2D eigenvalue weighted by atomic mass is 79.9. The molecule has 1 aromatic rings. The first kappa shape index (κ1) is 23.1. The van der Waals surface area contributed by atoms with Gasteiger partial charge in [0.1, 0.15) is 27.5 Å². The molecule has 2 aliphatic rings.